The van der Waals surface area contributed by atoms with Gasteiger partial charge < -0.3 is 4.74 Å². The second-order valence-electron chi connectivity index (χ2n) is 3.34. The molecule has 0 aliphatic rings. The Balaban J connectivity index is 2.90. The summed E-state index contributed by atoms with van der Waals surface area (Å²) in [5, 5.41) is 0.426. The summed E-state index contributed by atoms with van der Waals surface area (Å²) in [4.78, 5) is 4.04. The smallest absolute Gasteiger partial charge is 0.208 e. The summed E-state index contributed by atoms with van der Waals surface area (Å²) in [7, 11) is 1.43. The van der Waals surface area contributed by atoms with Crippen LogP contribution in [0, 0.1) is 19.7 Å². The van der Waals surface area contributed by atoms with E-state index in [1.165, 1.54) is 11.5 Å². The normalized spacial score (nSPS) is 11.0. The van der Waals surface area contributed by atoms with Gasteiger partial charge in [-0.15, -0.1) is 0 Å². The minimum atomic E-state index is -0.479. The highest BCUT2D eigenvalue weighted by molar-refractivity contribution is 6.30. The number of hydrogen-bond donors (Lipinski definition) is 0. The number of halogens is 2. The molecule has 0 saturated carbocycles. The zero-order valence-corrected chi connectivity index (χ0v) is 9.39. The highest BCUT2D eigenvalue weighted by Gasteiger charge is 2.16. The lowest BCUT2D eigenvalue weighted by Crippen LogP contribution is -1.97. The summed E-state index contributed by atoms with van der Waals surface area (Å²) in [5.74, 6) is -0.267. The van der Waals surface area contributed by atoms with Crippen LogP contribution in [0.25, 0.3) is 5.65 Å². The van der Waals surface area contributed by atoms with E-state index in [1.807, 2.05) is 0 Å². The van der Waals surface area contributed by atoms with Crippen molar-refractivity contribution in [1.82, 2.24) is 9.38 Å². The van der Waals surface area contributed by atoms with Crippen LogP contribution in [0.15, 0.2) is 6.20 Å². The molecule has 0 aromatic carbocycles. The van der Waals surface area contributed by atoms with E-state index < -0.39 is 5.82 Å². The molecule has 0 spiro atoms. The predicted molar refractivity (Wildman–Crippen MR) is 56.2 cm³/mol. The van der Waals surface area contributed by atoms with Gasteiger partial charge in [-0.25, -0.2) is 4.98 Å². The quantitative estimate of drug-likeness (QED) is 0.750. The van der Waals surface area contributed by atoms with Crippen molar-refractivity contribution in [2.45, 2.75) is 13.8 Å². The van der Waals surface area contributed by atoms with Crippen LogP contribution in [0.2, 0.25) is 5.15 Å². The van der Waals surface area contributed by atoms with Gasteiger partial charge in [0.25, 0.3) is 0 Å². The first kappa shape index (κ1) is 10.2. The van der Waals surface area contributed by atoms with E-state index in [1.54, 1.807) is 20.0 Å². The monoisotopic (exact) mass is 228 g/mol. The summed E-state index contributed by atoms with van der Waals surface area (Å²) >= 11 is 5.97. The van der Waals surface area contributed by atoms with Gasteiger partial charge in [0.15, 0.2) is 11.4 Å². The number of hydrogen-bond acceptors (Lipinski definition) is 2. The first-order valence-corrected chi connectivity index (χ1v) is 4.81. The molecule has 2 heterocycles. The molecule has 15 heavy (non-hydrogen) atoms. The maximum absolute atomic E-state index is 13.9. The number of nitrogens with zero attached hydrogens (tertiary/aromatic N) is 2. The first-order valence-electron chi connectivity index (χ1n) is 4.43. The summed E-state index contributed by atoms with van der Waals surface area (Å²) in [6, 6.07) is 0. The number of fused-ring (bicyclic) bond motifs is 1. The molecule has 2 aromatic rings. The van der Waals surface area contributed by atoms with Crippen LogP contribution in [0.3, 0.4) is 0 Å². The van der Waals surface area contributed by atoms with E-state index in [2.05, 4.69) is 4.98 Å². The van der Waals surface area contributed by atoms with Crippen molar-refractivity contribution < 1.29 is 9.13 Å². The maximum atomic E-state index is 13.9. The van der Waals surface area contributed by atoms with E-state index >= 15 is 0 Å². The number of methoxy groups -OCH3 is 1. The second kappa shape index (κ2) is 3.38. The molecule has 0 bridgehead atoms. The maximum Gasteiger partial charge on any atom is 0.208 e. The predicted octanol–water partition coefficient (Wildman–Crippen LogP) is 2.75. The van der Waals surface area contributed by atoms with Gasteiger partial charge in [0.2, 0.25) is 5.82 Å². The molecule has 0 aliphatic carbocycles. The van der Waals surface area contributed by atoms with Crippen molar-refractivity contribution in [2.24, 2.45) is 0 Å². The van der Waals surface area contributed by atoms with E-state index in [9.17, 15) is 4.39 Å². The zero-order chi connectivity index (χ0) is 11.2. The Labute approximate surface area is 91.4 Å². The van der Waals surface area contributed by atoms with Gasteiger partial charge in [-0.2, -0.15) is 4.39 Å². The molecule has 80 valence electrons. The summed E-state index contributed by atoms with van der Waals surface area (Å²) < 4.78 is 20.3. The van der Waals surface area contributed by atoms with Crippen molar-refractivity contribution in [3.05, 3.63) is 28.4 Å². The van der Waals surface area contributed by atoms with Gasteiger partial charge in [-0.1, -0.05) is 11.6 Å². The Morgan fingerprint density at radius 3 is 2.73 bits per heavy atom. The molecule has 0 N–H and O–H groups in total. The van der Waals surface area contributed by atoms with Gasteiger partial charge in [-0.3, -0.25) is 4.40 Å². The number of aryl methyl sites for hydroxylation is 2. The number of aromatic nitrogens is 2. The van der Waals surface area contributed by atoms with Crippen LogP contribution in [0.5, 0.6) is 5.75 Å². The molecule has 2 aromatic heterocycles. The molecular weight excluding hydrogens is 219 g/mol. The molecular formula is C10H10ClFN2O. The zero-order valence-electron chi connectivity index (χ0n) is 8.64. The minimum absolute atomic E-state index is 0.194. The lowest BCUT2D eigenvalue weighted by molar-refractivity contribution is 0.383. The van der Waals surface area contributed by atoms with Gasteiger partial charge >= 0.3 is 0 Å². The van der Waals surface area contributed by atoms with Crippen molar-refractivity contribution in [1.29, 1.82) is 0 Å². The molecule has 0 saturated heterocycles. The minimum Gasteiger partial charge on any atom is -0.493 e. The average Bonchev–Trinajstić information content (AvgIpc) is 2.46. The fraction of sp³-hybridized carbons (Fsp3) is 0.300. The lowest BCUT2D eigenvalue weighted by atomic mass is 10.3. The molecule has 0 fully saturated rings. The topological polar surface area (TPSA) is 26.5 Å². The van der Waals surface area contributed by atoms with E-state index in [0.29, 0.717) is 16.4 Å². The van der Waals surface area contributed by atoms with Crippen LogP contribution >= 0.6 is 11.6 Å². The highest BCUT2D eigenvalue weighted by atomic mass is 35.5. The highest BCUT2D eigenvalue weighted by Crippen LogP contribution is 2.28. The van der Waals surface area contributed by atoms with Gasteiger partial charge in [0.05, 0.1) is 12.8 Å². The van der Waals surface area contributed by atoms with E-state index in [-0.39, 0.29) is 11.4 Å². The molecule has 0 amide bonds. The first-order chi connectivity index (χ1) is 7.06. The SMILES string of the molecule is COc1c(C)cn2c(Cl)c(C)nc2c1F. The standard InChI is InChI=1S/C10H10ClFN2O/c1-5-4-14-9(11)6(2)13-10(14)7(12)8(5)15-3/h4H,1-3H3. The third kappa shape index (κ3) is 1.36. The Kier molecular flexibility index (Phi) is 2.31. The summed E-state index contributed by atoms with van der Waals surface area (Å²) in [5.41, 5.74) is 1.48. The van der Waals surface area contributed by atoms with Crippen LogP contribution in [0.1, 0.15) is 11.3 Å². The van der Waals surface area contributed by atoms with Gasteiger partial charge in [0.1, 0.15) is 5.15 Å². The molecule has 3 nitrogen and oxygen atoms in total. The van der Waals surface area contributed by atoms with Crippen molar-refractivity contribution in [3.63, 3.8) is 0 Å². The second-order valence-corrected chi connectivity index (χ2v) is 3.70. The van der Waals surface area contributed by atoms with Crippen LogP contribution < -0.4 is 4.74 Å². The lowest BCUT2D eigenvalue weighted by Gasteiger charge is -2.07. The van der Waals surface area contributed by atoms with E-state index in [4.69, 9.17) is 16.3 Å². The van der Waals surface area contributed by atoms with Crippen molar-refractivity contribution in [2.75, 3.05) is 7.11 Å². The molecule has 0 atom stereocenters. The van der Waals surface area contributed by atoms with Crippen molar-refractivity contribution >= 4 is 17.2 Å². The fourth-order valence-electron chi connectivity index (χ4n) is 1.58. The molecule has 5 heteroatoms. The van der Waals surface area contributed by atoms with Crippen LogP contribution in [-0.2, 0) is 0 Å². The largest absolute Gasteiger partial charge is 0.493 e. The van der Waals surface area contributed by atoms with Gasteiger partial charge in [-0.05, 0) is 13.8 Å². The number of rotatable bonds is 1. The Hall–Kier alpha value is -1.29. The molecule has 2 rings (SSSR count). The Morgan fingerprint density at radius 1 is 1.47 bits per heavy atom. The van der Waals surface area contributed by atoms with Gasteiger partial charge in [0, 0.05) is 11.8 Å². The number of pyridine rings is 1. The average molecular weight is 229 g/mol. The summed E-state index contributed by atoms with van der Waals surface area (Å²) in [6.07, 6.45) is 1.71. The van der Waals surface area contributed by atoms with Crippen molar-refractivity contribution in [3.8, 4) is 5.75 Å². The Bertz CT molecular complexity index is 536. The van der Waals surface area contributed by atoms with Crippen LogP contribution in [-0.4, -0.2) is 16.5 Å². The molecule has 0 unspecified atom stereocenters. The third-order valence-electron chi connectivity index (χ3n) is 2.29. The summed E-state index contributed by atoms with van der Waals surface area (Å²) in [6.45, 7) is 3.49. The number of imidazole rings is 1. The fourth-order valence-corrected chi connectivity index (χ4v) is 1.75. The Morgan fingerprint density at radius 2 is 2.13 bits per heavy atom. The van der Waals surface area contributed by atoms with E-state index in [0.717, 1.165) is 0 Å². The molecule has 0 radical (unpaired) electrons. The van der Waals surface area contributed by atoms with Crippen LogP contribution in [0.4, 0.5) is 4.39 Å². The molecule has 0 aliphatic heterocycles. The number of ether oxygens (including phenoxy) is 1. The third-order valence-corrected chi connectivity index (χ3v) is 2.75.